The first-order chi connectivity index (χ1) is 9.59. The standard InChI is InChI=1S/C17H17NO2/c1-12-13(2)20-14(3)16(12)17(19)18-11-7-10-15-8-5-4-6-9-15/h4-6,8-9H,11H2,1-3H3,(H,18,19). The van der Waals surface area contributed by atoms with Crippen molar-refractivity contribution in [3.63, 3.8) is 0 Å². The van der Waals surface area contributed by atoms with Gasteiger partial charge in [0.05, 0.1) is 12.1 Å². The van der Waals surface area contributed by atoms with E-state index in [0.29, 0.717) is 17.9 Å². The predicted octanol–water partition coefficient (Wildman–Crippen LogP) is 2.99. The van der Waals surface area contributed by atoms with E-state index in [1.54, 1.807) is 6.92 Å². The average Bonchev–Trinajstić information content (AvgIpc) is 2.69. The van der Waals surface area contributed by atoms with Crippen molar-refractivity contribution in [2.45, 2.75) is 20.8 Å². The Hall–Kier alpha value is -2.47. The van der Waals surface area contributed by atoms with Crippen LogP contribution in [-0.4, -0.2) is 12.5 Å². The van der Waals surface area contributed by atoms with Crippen LogP contribution in [0.25, 0.3) is 0 Å². The smallest absolute Gasteiger partial charge is 0.255 e. The summed E-state index contributed by atoms with van der Waals surface area (Å²) in [5, 5.41) is 2.79. The minimum atomic E-state index is -0.140. The fourth-order valence-electron chi connectivity index (χ4n) is 2.01. The van der Waals surface area contributed by atoms with Crippen molar-refractivity contribution in [3.05, 3.63) is 58.5 Å². The van der Waals surface area contributed by atoms with Gasteiger partial charge in [0, 0.05) is 11.1 Å². The third-order valence-electron chi connectivity index (χ3n) is 3.13. The van der Waals surface area contributed by atoms with Crippen LogP contribution in [0.15, 0.2) is 34.7 Å². The summed E-state index contributed by atoms with van der Waals surface area (Å²) >= 11 is 0. The van der Waals surface area contributed by atoms with E-state index >= 15 is 0 Å². The summed E-state index contributed by atoms with van der Waals surface area (Å²) in [4.78, 5) is 12.1. The molecular weight excluding hydrogens is 250 g/mol. The lowest BCUT2D eigenvalue weighted by molar-refractivity contribution is 0.0956. The second-order valence-electron chi connectivity index (χ2n) is 4.56. The van der Waals surface area contributed by atoms with Crippen LogP contribution < -0.4 is 5.32 Å². The maximum atomic E-state index is 12.1. The summed E-state index contributed by atoms with van der Waals surface area (Å²) in [6, 6.07) is 9.68. The summed E-state index contributed by atoms with van der Waals surface area (Å²) in [7, 11) is 0. The summed E-state index contributed by atoms with van der Waals surface area (Å²) in [5.41, 5.74) is 2.44. The lowest BCUT2D eigenvalue weighted by atomic mass is 10.1. The van der Waals surface area contributed by atoms with Gasteiger partial charge >= 0.3 is 0 Å². The summed E-state index contributed by atoms with van der Waals surface area (Å²) in [6.07, 6.45) is 0. The van der Waals surface area contributed by atoms with Gasteiger partial charge in [-0.1, -0.05) is 30.0 Å². The summed E-state index contributed by atoms with van der Waals surface area (Å²) < 4.78 is 5.45. The van der Waals surface area contributed by atoms with Crippen LogP contribution in [-0.2, 0) is 0 Å². The molecule has 1 amide bonds. The molecule has 0 saturated carbocycles. The molecule has 3 nitrogen and oxygen atoms in total. The van der Waals surface area contributed by atoms with Crippen molar-refractivity contribution in [1.29, 1.82) is 0 Å². The number of hydrogen-bond donors (Lipinski definition) is 1. The highest BCUT2D eigenvalue weighted by Gasteiger charge is 2.17. The van der Waals surface area contributed by atoms with Gasteiger partial charge in [-0.15, -0.1) is 0 Å². The number of amides is 1. The highest BCUT2D eigenvalue weighted by atomic mass is 16.3. The third kappa shape index (κ3) is 3.10. The zero-order valence-electron chi connectivity index (χ0n) is 11.9. The Morgan fingerprint density at radius 3 is 2.45 bits per heavy atom. The highest BCUT2D eigenvalue weighted by molar-refractivity contribution is 5.96. The quantitative estimate of drug-likeness (QED) is 0.850. The number of carbonyl (C=O) groups excluding carboxylic acids is 1. The normalized spacial score (nSPS) is 9.75. The van der Waals surface area contributed by atoms with Gasteiger partial charge in [-0.25, -0.2) is 0 Å². The van der Waals surface area contributed by atoms with Crippen LogP contribution in [0.3, 0.4) is 0 Å². The van der Waals surface area contributed by atoms with Crippen molar-refractivity contribution in [3.8, 4) is 11.8 Å². The molecule has 0 bridgehead atoms. The van der Waals surface area contributed by atoms with Crippen molar-refractivity contribution >= 4 is 5.91 Å². The molecule has 0 aliphatic rings. The number of aryl methyl sites for hydroxylation is 2. The van der Waals surface area contributed by atoms with Gasteiger partial charge in [0.25, 0.3) is 5.91 Å². The van der Waals surface area contributed by atoms with Crippen molar-refractivity contribution in [1.82, 2.24) is 5.32 Å². The Morgan fingerprint density at radius 1 is 1.15 bits per heavy atom. The van der Waals surface area contributed by atoms with Crippen LogP contribution in [0.1, 0.15) is 33.0 Å². The van der Waals surface area contributed by atoms with Crippen LogP contribution in [0.4, 0.5) is 0 Å². The highest BCUT2D eigenvalue weighted by Crippen LogP contribution is 2.20. The first-order valence-corrected chi connectivity index (χ1v) is 6.48. The van der Waals surface area contributed by atoms with E-state index in [1.165, 1.54) is 0 Å². The van der Waals surface area contributed by atoms with Gasteiger partial charge < -0.3 is 9.73 Å². The Balaban J connectivity index is 1.98. The first-order valence-electron chi connectivity index (χ1n) is 6.48. The van der Waals surface area contributed by atoms with Gasteiger partial charge in [0.1, 0.15) is 11.5 Å². The zero-order valence-corrected chi connectivity index (χ0v) is 11.9. The van der Waals surface area contributed by atoms with Gasteiger partial charge in [-0.05, 0) is 32.9 Å². The minimum Gasteiger partial charge on any atom is -0.466 e. The fraction of sp³-hybridized carbons (Fsp3) is 0.235. The molecule has 1 heterocycles. The molecule has 1 N–H and O–H groups in total. The number of nitrogens with one attached hydrogen (secondary N) is 1. The summed E-state index contributed by atoms with van der Waals surface area (Å²) in [5.74, 6) is 7.22. The van der Waals surface area contributed by atoms with E-state index in [4.69, 9.17) is 4.42 Å². The molecule has 0 unspecified atom stereocenters. The first kappa shape index (κ1) is 14.0. The molecule has 1 aromatic carbocycles. The molecule has 0 aliphatic heterocycles. The molecule has 0 radical (unpaired) electrons. The van der Waals surface area contributed by atoms with Crippen molar-refractivity contribution < 1.29 is 9.21 Å². The minimum absolute atomic E-state index is 0.140. The second-order valence-corrected chi connectivity index (χ2v) is 4.56. The molecule has 0 fully saturated rings. The van der Waals surface area contributed by atoms with E-state index in [9.17, 15) is 4.79 Å². The van der Waals surface area contributed by atoms with Crippen LogP contribution in [0, 0.1) is 32.6 Å². The van der Waals surface area contributed by atoms with E-state index in [2.05, 4.69) is 17.2 Å². The molecule has 0 aliphatic carbocycles. The lowest BCUT2D eigenvalue weighted by Gasteiger charge is -2.00. The maximum Gasteiger partial charge on any atom is 0.255 e. The number of rotatable bonds is 2. The van der Waals surface area contributed by atoms with E-state index < -0.39 is 0 Å². The monoisotopic (exact) mass is 267 g/mol. The Kier molecular flexibility index (Phi) is 4.27. The van der Waals surface area contributed by atoms with Crippen LogP contribution in [0.5, 0.6) is 0 Å². The molecule has 3 heteroatoms. The summed E-state index contributed by atoms with van der Waals surface area (Å²) in [6.45, 7) is 5.85. The van der Waals surface area contributed by atoms with E-state index in [-0.39, 0.29) is 5.91 Å². The maximum absolute atomic E-state index is 12.1. The Bertz CT molecular complexity index is 672. The van der Waals surface area contributed by atoms with Crippen LogP contribution >= 0.6 is 0 Å². The number of carbonyl (C=O) groups is 1. The number of hydrogen-bond acceptors (Lipinski definition) is 2. The Labute approximate surface area is 119 Å². The molecular formula is C17H17NO2. The largest absolute Gasteiger partial charge is 0.466 e. The van der Waals surface area contributed by atoms with E-state index in [1.807, 2.05) is 44.2 Å². The molecule has 102 valence electrons. The predicted molar refractivity (Wildman–Crippen MR) is 78.6 cm³/mol. The number of benzene rings is 1. The fourth-order valence-corrected chi connectivity index (χ4v) is 2.01. The second kappa shape index (κ2) is 6.12. The molecule has 20 heavy (non-hydrogen) atoms. The molecule has 2 rings (SSSR count). The average molecular weight is 267 g/mol. The zero-order chi connectivity index (χ0) is 14.5. The number of furan rings is 1. The van der Waals surface area contributed by atoms with E-state index in [0.717, 1.165) is 16.9 Å². The SMILES string of the molecule is Cc1oc(C)c(C(=O)NCC#Cc2ccccc2)c1C. The van der Waals surface area contributed by atoms with Gasteiger partial charge in [0.15, 0.2) is 0 Å². The van der Waals surface area contributed by atoms with Gasteiger partial charge in [-0.2, -0.15) is 0 Å². The van der Waals surface area contributed by atoms with Crippen molar-refractivity contribution in [2.75, 3.05) is 6.54 Å². The Morgan fingerprint density at radius 2 is 1.85 bits per heavy atom. The molecule has 2 aromatic rings. The lowest BCUT2D eigenvalue weighted by Crippen LogP contribution is -2.24. The van der Waals surface area contributed by atoms with Gasteiger partial charge in [0.2, 0.25) is 0 Å². The molecule has 1 aromatic heterocycles. The molecule has 0 spiro atoms. The molecule has 0 atom stereocenters. The van der Waals surface area contributed by atoms with Crippen molar-refractivity contribution in [2.24, 2.45) is 0 Å². The van der Waals surface area contributed by atoms with Gasteiger partial charge in [-0.3, -0.25) is 4.79 Å². The molecule has 0 saturated heterocycles. The third-order valence-corrected chi connectivity index (χ3v) is 3.13. The topological polar surface area (TPSA) is 42.2 Å². The van der Waals surface area contributed by atoms with Crippen LogP contribution in [0.2, 0.25) is 0 Å².